The van der Waals surface area contributed by atoms with Crippen LogP contribution in [0.4, 0.5) is 10.6 Å². The van der Waals surface area contributed by atoms with Gasteiger partial charge in [-0.3, -0.25) is 14.7 Å². The lowest BCUT2D eigenvalue weighted by Gasteiger charge is -2.14. The molecule has 0 bridgehead atoms. The van der Waals surface area contributed by atoms with Crippen molar-refractivity contribution in [3.8, 4) is 11.5 Å². The summed E-state index contributed by atoms with van der Waals surface area (Å²) in [6.45, 7) is 3.76. The number of benzene rings is 1. The van der Waals surface area contributed by atoms with Crippen LogP contribution >= 0.6 is 0 Å². The van der Waals surface area contributed by atoms with Gasteiger partial charge < -0.3 is 25.2 Å². The molecule has 10 heteroatoms. The van der Waals surface area contributed by atoms with Gasteiger partial charge in [-0.2, -0.15) is 5.10 Å². The summed E-state index contributed by atoms with van der Waals surface area (Å²) >= 11 is 0. The van der Waals surface area contributed by atoms with E-state index in [0.717, 1.165) is 18.5 Å². The number of hydrogen-bond donors (Lipinski definition) is 4. The average Bonchev–Trinajstić information content (AvgIpc) is 3.23. The second-order valence-corrected chi connectivity index (χ2v) is 9.25. The van der Waals surface area contributed by atoms with E-state index in [-0.39, 0.29) is 47.1 Å². The van der Waals surface area contributed by atoms with Gasteiger partial charge in [-0.25, -0.2) is 4.79 Å². The second kappa shape index (κ2) is 9.74. The molecule has 182 valence electrons. The van der Waals surface area contributed by atoms with Crippen molar-refractivity contribution in [2.24, 2.45) is 5.92 Å². The number of phenols is 1. The van der Waals surface area contributed by atoms with Crippen LogP contribution in [0.1, 0.15) is 73.0 Å². The van der Waals surface area contributed by atoms with E-state index in [0.29, 0.717) is 36.3 Å². The van der Waals surface area contributed by atoms with Gasteiger partial charge in [0.25, 0.3) is 0 Å². The largest absolute Gasteiger partial charge is 0.507 e. The van der Waals surface area contributed by atoms with Crippen molar-refractivity contribution in [2.45, 2.75) is 63.5 Å². The van der Waals surface area contributed by atoms with E-state index in [1.807, 2.05) is 19.9 Å². The first-order valence-electron chi connectivity index (χ1n) is 11.5. The topological polar surface area (TPSA) is 143 Å². The molecule has 0 radical (unpaired) electrons. The molecule has 0 aliphatic heterocycles. The van der Waals surface area contributed by atoms with Crippen molar-refractivity contribution in [3.63, 3.8) is 0 Å². The van der Waals surface area contributed by atoms with Crippen LogP contribution in [0.5, 0.6) is 11.5 Å². The zero-order valence-corrected chi connectivity index (χ0v) is 19.5. The summed E-state index contributed by atoms with van der Waals surface area (Å²) in [5, 5.41) is 22.9. The van der Waals surface area contributed by atoms with Crippen LogP contribution in [0.2, 0.25) is 0 Å². The Bertz CT molecular complexity index is 1080. The van der Waals surface area contributed by atoms with E-state index in [4.69, 9.17) is 9.47 Å². The molecule has 2 aliphatic carbocycles. The molecule has 2 aliphatic rings. The molecule has 2 fully saturated rings. The number of phenolic OH excluding ortho intramolecular Hbond substituents is 1. The predicted molar refractivity (Wildman–Crippen MR) is 123 cm³/mol. The Morgan fingerprint density at radius 1 is 1.24 bits per heavy atom. The van der Waals surface area contributed by atoms with Gasteiger partial charge in [0.2, 0.25) is 5.91 Å². The fourth-order valence-electron chi connectivity index (χ4n) is 4.59. The molecule has 2 amide bonds. The summed E-state index contributed by atoms with van der Waals surface area (Å²) in [6.07, 6.45) is 2.93. The summed E-state index contributed by atoms with van der Waals surface area (Å²) in [7, 11) is 1.48. The number of aromatic amines is 1. The number of rotatable bonds is 8. The standard InChI is InChI=1S/C24H30N4O6/c1-12(2)25-24(32)34-14-5-4-13(6-14)20-10-22(28-27-20)26-23(31)18-9-17(18)16-7-15(33-3)8-21(30)19(16)11-29/h7-8,10-14,17-18,30H,4-6,9H2,1-3H3,(H,25,32)(H2,26,27,28,31)/t13-,14?,17+,18-/m0/s1. The normalized spacial score (nSPS) is 23.4. The van der Waals surface area contributed by atoms with Gasteiger partial charge in [-0.1, -0.05) is 0 Å². The minimum atomic E-state index is -0.403. The number of nitrogens with one attached hydrogen (secondary N) is 3. The number of methoxy groups -OCH3 is 1. The maximum absolute atomic E-state index is 12.8. The smallest absolute Gasteiger partial charge is 0.407 e. The van der Waals surface area contributed by atoms with Gasteiger partial charge in [0.1, 0.15) is 17.6 Å². The van der Waals surface area contributed by atoms with Gasteiger partial charge in [0.05, 0.1) is 12.7 Å². The second-order valence-electron chi connectivity index (χ2n) is 9.25. The maximum atomic E-state index is 12.8. The van der Waals surface area contributed by atoms with Crippen LogP contribution in [0.3, 0.4) is 0 Å². The summed E-state index contributed by atoms with van der Waals surface area (Å²) in [4.78, 5) is 36.1. The Kier molecular flexibility index (Phi) is 6.76. The van der Waals surface area contributed by atoms with E-state index in [2.05, 4.69) is 20.8 Å². The van der Waals surface area contributed by atoms with Crippen LogP contribution in [0, 0.1) is 5.92 Å². The minimum absolute atomic E-state index is 0.0224. The number of hydrogen-bond acceptors (Lipinski definition) is 7. The number of anilines is 1. The lowest BCUT2D eigenvalue weighted by atomic mass is 10.0. The third-order valence-corrected chi connectivity index (χ3v) is 6.40. The van der Waals surface area contributed by atoms with Crippen LogP contribution in [-0.2, 0) is 9.53 Å². The minimum Gasteiger partial charge on any atom is -0.507 e. The van der Waals surface area contributed by atoms with Gasteiger partial charge in [0, 0.05) is 35.7 Å². The first-order chi connectivity index (χ1) is 16.3. The van der Waals surface area contributed by atoms with Crippen molar-refractivity contribution >= 4 is 24.1 Å². The Morgan fingerprint density at radius 2 is 2.03 bits per heavy atom. The summed E-state index contributed by atoms with van der Waals surface area (Å²) in [6, 6.07) is 4.90. The molecule has 1 aromatic carbocycles. The molecule has 4 atom stereocenters. The third-order valence-electron chi connectivity index (χ3n) is 6.40. The Hall–Kier alpha value is -3.56. The molecule has 1 aromatic heterocycles. The molecule has 34 heavy (non-hydrogen) atoms. The fraction of sp³-hybridized carbons (Fsp3) is 0.500. The predicted octanol–water partition coefficient (Wildman–Crippen LogP) is 3.45. The molecular weight excluding hydrogens is 440 g/mol. The van der Waals surface area contributed by atoms with E-state index < -0.39 is 6.09 Å². The van der Waals surface area contributed by atoms with Crippen molar-refractivity contribution in [1.82, 2.24) is 15.5 Å². The first-order valence-corrected chi connectivity index (χ1v) is 11.5. The average molecular weight is 471 g/mol. The highest BCUT2D eigenvalue weighted by molar-refractivity contribution is 5.95. The zero-order chi connectivity index (χ0) is 24.4. The number of aromatic nitrogens is 2. The molecule has 0 spiro atoms. The third kappa shape index (κ3) is 5.16. The highest BCUT2D eigenvalue weighted by Crippen LogP contribution is 2.51. The number of carbonyl (C=O) groups is 3. The summed E-state index contributed by atoms with van der Waals surface area (Å²) in [5.74, 6) is 0.170. The van der Waals surface area contributed by atoms with Crippen molar-refractivity contribution in [3.05, 3.63) is 35.0 Å². The number of aldehydes is 1. The van der Waals surface area contributed by atoms with E-state index >= 15 is 0 Å². The van der Waals surface area contributed by atoms with Gasteiger partial charge in [-0.15, -0.1) is 0 Å². The lowest BCUT2D eigenvalue weighted by molar-refractivity contribution is -0.117. The molecule has 2 aromatic rings. The number of amides is 2. The van der Waals surface area contributed by atoms with Crippen LogP contribution in [-0.4, -0.2) is 52.8 Å². The maximum Gasteiger partial charge on any atom is 0.407 e. The van der Waals surface area contributed by atoms with E-state index in [9.17, 15) is 19.5 Å². The molecular formula is C24H30N4O6. The Labute approximate surface area is 197 Å². The lowest BCUT2D eigenvalue weighted by Crippen LogP contribution is -2.33. The number of ether oxygens (including phenoxy) is 2. The van der Waals surface area contributed by atoms with Crippen molar-refractivity contribution < 1.29 is 29.0 Å². The summed E-state index contributed by atoms with van der Waals surface area (Å²) in [5.41, 5.74) is 1.68. The van der Waals surface area contributed by atoms with Crippen LogP contribution in [0.25, 0.3) is 0 Å². The first kappa shape index (κ1) is 23.6. The van der Waals surface area contributed by atoms with Crippen molar-refractivity contribution in [1.29, 1.82) is 0 Å². The Balaban J connectivity index is 1.33. The van der Waals surface area contributed by atoms with Crippen LogP contribution < -0.4 is 15.4 Å². The molecule has 1 unspecified atom stereocenters. The highest BCUT2D eigenvalue weighted by atomic mass is 16.6. The molecule has 4 N–H and O–H groups in total. The van der Waals surface area contributed by atoms with E-state index in [1.165, 1.54) is 13.2 Å². The monoisotopic (exact) mass is 470 g/mol. The molecule has 4 rings (SSSR count). The number of H-pyrrole nitrogens is 1. The highest BCUT2D eigenvalue weighted by Gasteiger charge is 2.46. The van der Waals surface area contributed by atoms with Crippen molar-refractivity contribution in [2.75, 3.05) is 12.4 Å². The van der Waals surface area contributed by atoms with E-state index in [1.54, 1.807) is 6.07 Å². The van der Waals surface area contributed by atoms with Gasteiger partial charge in [0.15, 0.2) is 12.1 Å². The number of aromatic hydroxyl groups is 1. The SMILES string of the molecule is COc1cc(O)c(C=O)c([C@H]2C[C@@H]2C(=O)Nc2cc([C@H]3CCC(OC(=O)NC(C)C)C3)[nH]n2)c1. The molecule has 10 nitrogen and oxygen atoms in total. The summed E-state index contributed by atoms with van der Waals surface area (Å²) < 4.78 is 10.7. The van der Waals surface area contributed by atoms with Gasteiger partial charge in [-0.05, 0) is 57.1 Å². The fourth-order valence-corrected chi connectivity index (χ4v) is 4.59. The number of nitrogens with zero attached hydrogens (tertiary/aromatic N) is 1. The Morgan fingerprint density at radius 3 is 2.74 bits per heavy atom. The molecule has 1 heterocycles. The van der Waals surface area contributed by atoms with Gasteiger partial charge >= 0.3 is 6.09 Å². The zero-order valence-electron chi connectivity index (χ0n) is 19.5. The number of carbonyl (C=O) groups excluding carboxylic acids is 3. The number of alkyl carbamates (subject to hydrolysis) is 1. The van der Waals surface area contributed by atoms with Crippen LogP contribution in [0.15, 0.2) is 18.2 Å². The quantitative estimate of drug-likeness (QED) is 0.433. The molecule has 2 saturated carbocycles. The molecule has 0 saturated heterocycles.